The van der Waals surface area contributed by atoms with Crippen LogP contribution in [0.4, 0.5) is 0 Å². The molecule has 1 aromatic heterocycles. The van der Waals surface area contributed by atoms with Crippen LogP contribution in [0.3, 0.4) is 0 Å². The number of hydrogen-bond acceptors (Lipinski definition) is 9. The molecule has 1 aliphatic rings. The summed E-state index contributed by atoms with van der Waals surface area (Å²) in [5, 5.41) is 8.13. The summed E-state index contributed by atoms with van der Waals surface area (Å²) in [5.74, 6) is 1.91. The van der Waals surface area contributed by atoms with Gasteiger partial charge in [-0.25, -0.2) is 13.2 Å². The van der Waals surface area contributed by atoms with Crippen LogP contribution >= 0.6 is 19.9 Å². The van der Waals surface area contributed by atoms with Crippen LogP contribution in [0.2, 0.25) is 0 Å². The second-order valence-electron chi connectivity index (χ2n) is 5.93. The van der Waals surface area contributed by atoms with Crippen molar-refractivity contribution in [3.05, 3.63) is 36.5 Å². The highest BCUT2D eigenvalue weighted by Gasteiger charge is 2.23. The Morgan fingerprint density at radius 3 is 2.67 bits per heavy atom. The maximum absolute atomic E-state index is 11.1. The number of hydrogen-bond donors (Lipinski definition) is 2. The lowest BCUT2D eigenvalue weighted by Gasteiger charge is -2.12. The van der Waals surface area contributed by atoms with Gasteiger partial charge in [-0.1, -0.05) is 5.21 Å². The van der Waals surface area contributed by atoms with E-state index in [-0.39, 0.29) is 6.79 Å². The molecule has 3 aromatic rings. The van der Waals surface area contributed by atoms with Crippen LogP contribution < -0.4 is 18.9 Å². The molecule has 0 amide bonds. The van der Waals surface area contributed by atoms with E-state index < -0.39 is 7.82 Å². The second-order valence-corrected chi connectivity index (χ2v) is 8.11. The van der Waals surface area contributed by atoms with Crippen molar-refractivity contribution in [2.45, 2.75) is 4.90 Å². The van der Waals surface area contributed by atoms with E-state index in [0.717, 1.165) is 0 Å². The van der Waals surface area contributed by atoms with Gasteiger partial charge in [0.25, 0.3) is 0 Å². The number of aromatic nitrogens is 3. The number of nitrogens with zero attached hydrogens (tertiary/aromatic N) is 3. The molecule has 30 heavy (non-hydrogen) atoms. The molecule has 2 aromatic carbocycles. The van der Waals surface area contributed by atoms with E-state index in [2.05, 4.69) is 14.3 Å². The van der Waals surface area contributed by atoms with Crippen LogP contribution in [0.25, 0.3) is 16.9 Å². The molecule has 1 aliphatic heterocycles. The predicted octanol–water partition coefficient (Wildman–Crippen LogP) is 2.80. The van der Waals surface area contributed by atoms with E-state index in [1.807, 2.05) is 0 Å². The highest BCUT2D eigenvalue weighted by atomic mass is 32.2. The van der Waals surface area contributed by atoms with Crippen molar-refractivity contribution < 1.29 is 37.3 Å². The van der Waals surface area contributed by atoms with Gasteiger partial charge >= 0.3 is 7.82 Å². The van der Waals surface area contributed by atoms with Crippen molar-refractivity contribution in [3.63, 3.8) is 0 Å². The Balaban J connectivity index is 1.74. The molecule has 158 valence electrons. The van der Waals surface area contributed by atoms with Gasteiger partial charge < -0.3 is 28.7 Å². The molecule has 2 heterocycles. The molecule has 0 unspecified atom stereocenters. The van der Waals surface area contributed by atoms with Crippen molar-refractivity contribution >= 4 is 19.9 Å². The lowest BCUT2D eigenvalue weighted by Crippen LogP contribution is -2.01. The van der Waals surface area contributed by atoms with E-state index in [9.17, 15) is 4.57 Å². The molecule has 11 nitrogen and oxygen atoms in total. The van der Waals surface area contributed by atoms with Gasteiger partial charge in [-0.2, -0.15) is 0 Å². The molecule has 0 radical (unpaired) electrons. The number of rotatable bonds is 7. The Labute approximate surface area is 174 Å². The Bertz CT molecular complexity index is 1130. The van der Waals surface area contributed by atoms with Gasteiger partial charge in [0.15, 0.2) is 11.5 Å². The van der Waals surface area contributed by atoms with Crippen molar-refractivity contribution in [1.29, 1.82) is 0 Å². The summed E-state index contributed by atoms with van der Waals surface area (Å²) in [7, 11) is -1.70. The summed E-state index contributed by atoms with van der Waals surface area (Å²) in [4.78, 5) is 18.3. The Kier molecular flexibility index (Phi) is 5.58. The minimum absolute atomic E-state index is 0.0952. The van der Waals surface area contributed by atoms with Crippen molar-refractivity contribution in [2.75, 3.05) is 21.0 Å². The standard InChI is InChI=1S/C17H16N3O8PS/c1-24-13-4-3-10(5-16(13)30-28-29(21,22)23)12-8-18-19-20(12)11-6-14(25-2)17-15(7-11)26-9-27-17/h3-8H,9H2,1-2H3,(H2,21,22,23). The molecule has 0 spiro atoms. The molecule has 0 atom stereocenters. The fraction of sp³-hybridized carbons (Fsp3) is 0.176. The summed E-state index contributed by atoms with van der Waals surface area (Å²) in [6.07, 6.45) is 1.55. The SMILES string of the molecule is COc1ccc(-c2cnnn2-c2cc(OC)c3c(c2)OCO3)cc1SOP(=O)(O)O. The quantitative estimate of drug-likeness (QED) is 0.404. The van der Waals surface area contributed by atoms with Crippen LogP contribution in [0.5, 0.6) is 23.0 Å². The van der Waals surface area contributed by atoms with Crippen molar-refractivity contribution in [1.82, 2.24) is 15.0 Å². The Morgan fingerprint density at radius 1 is 1.13 bits per heavy atom. The number of phosphoric acid groups is 1. The third kappa shape index (κ3) is 4.09. The molecule has 0 fully saturated rings. The minimum atomic E-state index is -4.67. The van der Waals surface area contributed by atoms with Gasteiger partial charge in [0, 0.05) is 29.7 Å². The van der Waals surface area contributed by atoms with E-state index in [4.69, 9.17) is 28.7 Å². The molecule has 0 saturated carbocycles. The smallest absolute Gasteiger partial charge is 0.481 e. The van der Waals surface area contributed by atoms with Gasteiger partial charge in [0.1, 0.15) is 5.75 Å². The van der Waals surface area contributed by atoms with Crippen LogP contribution in [0.15, 0.2) is 41.4 Å². The average molecular weight is 453 g/mol. The van der Waals surface area contributed by atoms with Gasteiger partial charge in [0.2, 0.25) is 12.5 Å². The number of ether oxygens (including phenoxy) is 4. The topological polar surface area (TPSA) is 134 Å². The Morgan fingerprint density at radius 2 is 1.93 bits per heavy atom. The molecular formula is C17H16N3O8PS. The highest BCUT2D eigenvalue weighted by Crippen LogP contribution is 2.47. The average Bonchev–Trinajstić information content (AvgIpc) is 3.40. The fourth-order valence-electron chi connectivity index (χ4n) is 2.85. The summed E-state index contributed by atoms with van der Waals surface area (Å²) < 4.78 is 38.7. The zero-order valence-electron chi connectivity index (χ0n) is 15.7. The zero-order valence-corrected chi connectivity index (χ0v) is 17.4. The minimum Gasteiger partial charge on any atom is -0.495 e. The summed E-state index contributed by atoms with van der Waals surface area (Å²) in [6.45, 7) is 0.0952. The van der Waals surface area contributed by atoms with Gasteiger partial charge in [-0.15, -0.1) is 5.10 Å². The number of benzene rings is 2. The largest absolute Gasteiger partial charge is 0.495 e. The second kappa shape index (κ2) is 8.17. The van der Waals surface area contributed by atoms with E-state index in [1.54, 1.807) is 41.2 Å². The first-order valence-electron chi connectivity index (χ1n) is 8.38. The third-order valence-electron chi connectivity index (χ3n) is 4.12. The first-order valence-corrected chi connectivity index (χ1v) is 10.7. The lowest BCUT2D eigenvalue weighted by molar-refractivity contribution is 0.171. The normalized spacial score (nSPS) is 12.8. The van der Waals surface area contributed by atoms with Gasteiger partial charge in [-0.3, -0.25) is 0 Å². The van der Waals surface area contributed by atoms with E-state index >= 15 is 0 Å². The molecule has 4 rings (SSSR count). The fourth-order valence-corrected chi connectivity index (χ4v) is 3.97. The molecular weight excluding hydrogens is 437 g/mol. The molecule has 0 aliphatic carbocycles. The summed E-state index contributed by atoms with van der Waals surface area (Å²) in [6, 6.07) is 8.55. The predicted molar refractivity (Wildman–Crippen MR) is 105 cm³/mol. The molecule has 2 N–H and O–H groups in total. The van der Waals surface area contributed by atoms with Crippen molar-refractivity contribution in [2.24, 2.45) is 0 Å². The monoisotopic (exact) mass is 453 g/mol. The van der Waals surface area contributed by atoms with Crippen LogP contribution in [-0.2, 0) is 8.54 Å². The van der Waals surface area contributed by atoms with Gasteiger partial charge in [-0.05, 0) is 18.2 Å². The van der Waals surface area contributed by atoms with E-state index in [0.29, 0.717) is 56.9 Å². The van der Waals surface area contributed by atoms with Crippen molar-refractivity contribution in [3.8, 4) is 39.9 Å². The number of methoxy groups -OCH3 is 2. The van der Waals surface area contributed by atoms with Crippen LogP contribution in [-0.4, -0.2) is 45.8 Å². The first kappa shape index (κ1) is 20.5. The van der Waals surface area contributed by atoms with Crippen LogP contribution in [0.1, 0.15) is 0 Å². The maximum Gasteiger partial charge on any atom is 0.481 e. The first-order chi connectivity index (χ1) is 14.4. The number of fused-ring (bicyclic) bond motifs is 1. The summed E-state index contributed by atoms with van der Waals surface area (Å²) in [5.41, 5.74) is 1.89. The van der Waals surface area contributed by atoms with Gasteiger partial charge in [0.05, 0.1) is 36.7 Å². The van der Waals surface area contributed by atoms with Crippen LogP contribution in [0, 0.1) is 0 Å². The Hall–Kier alpha value is -2.76. The van der Waals surface area contributed by atoms with E-state index in [1.165, 1.54) is 14.2 Å². The zero-order chi connectivity index (χ0) is 21.3. The highest BCUT2D eigenvalue weighted by molar-refractivity contribution is 7.98. The molecule has 13 heteroatoms. The molecule has 0 bridgehead atoms. The maximum atomic E-state index is 11.1. The summed E-state index contributed by atoms with van der Waals surface area (Å²) >= 11 is 0.519. The third-order valence-corrected chi connectivity index (χ3v) is 5.69. The molecule has 0 saturated heterocycles. The lowest BCUT2D eigenvalue weighted by atomic mass is 10.1.